The molecule has 3 rings (SSSR count). The van der Waals surface area contributed by atoms with E-state index in [0.29, 0.717) is 16.7 Å². The van der Waals surface area contributed by atoms with Gasteiger partial charge in [-0.25, -0.2) is 4.98 Å². The Morgan fingerprint density at radius 2 is 1.88 bits per heavy atom. The zero-order chi connectivity index (χ0) is 17.3. The minimum Gasteiger partial charge on any atom is -0.437 e. The second kappa shape index (κ2) is 7.04. The van der Waals surface area contributed by atoms with E-state index >= 15 is 0 Å². The van der Waals surface area contributed by atoms with Crippen LogP contribution < -0.4 is 10.8 Å². The smallest absolute Gasteiger partial charge is 0.374 e. The molecule has 0 unspecified atom stereocenters. The van der Waals surface area contributed by atoms with Crippen LogP contribution in [0.25, 0.3) is 16.6 Å². The van der Waals surface area contributed by atoms with Gasteiger partial charge in [0.05, 0.1) is 22.6 Å². The first-order valence-corrected chi connectivity index (χ1v) is 8.77. The van der Waals surface area contributed by atoms with Crippen LogP contribution in [0.2, 0.25) is 6.82 Å². The molecular formula is C17H17BIN3O2. The predicted octanol–water partition coefficient (Wildman–Crippen LogP) is 2.75. The summed E-state index contributed by atoms with van der Waals surface area (Å²) in [5.41, 5.74) is 1.29. The van der Waals surface area contributed by atoms with Crippen molar-refractivity contribution in [3.8, 4) is 5.69 Å². The lowest BCUT2D eigenvalue weighted by Crippen LogP contribution is -2.37. The third-order valence-electron chi connectivity index (χ3n) is 3.76. The van der Waals surface area contributed by atoms with Crippen molar-refractivity contribution in [2.45, 2.75) is 19.8 Å². The van der Waals surface area contributed by atoms with E-state index in [1.807, 2.05) is 49.4 Å². The lowest BCUT2D eigenvalue weighted by molar-refractivity contribution is 0.521. The lowest BCUT2D eigenvalue weighted by Gasteiger charge is -2.20. The molecule has 0 aliphatic carbocycles. The highest BCUT2D eigenvalue weighted by Crippen LogP contribution is 2.19. The molecule has 2 N–H and O–H groups in total. The zero-order valence-electron chi connectivity index (χ0n) is 13.4. The highest BCUT2D eigenvalue weighted by molar-refractivity contribution is 14.1. The fraction of sp³-hybridized carbons (Fsp3) is 0.176. The van der Waals surface area contributed by atoms with Crippen molar-refractivity contribution in [2.75, 3.05) is 0 Å². The SMILES string of the molecule is CB(O)N[C@H](C)c1nc2ccccc2c(=O)n1-c1ccc(I)cc1. The molecule has 0 spiro atoms. The molecule has 0 amide bonds. The Morgan fingerprint density at radius 1 is 1.21 bits per heavy atom. The summed E-state index contributed by atoms with van der Waals surface area (Å²) in [6, 6.07) is 14.7. The molecular weight excluding hydrogens is 416 g/mol. The Hall–Kier alpha value is -1.71. The van der Waals surface area contributed by atoms with Gasteiger partial charge in [0, 0.05) is 3.57 Å². The third kappa shape index (κ3) is 3.38. The van der Waals surface area contributed by atoms with Gasteiger partial charge < -0.3 is 10.3 Å². The van der Waals surface area contributed by atoms with E-state index < -0.39 is 7.05 Å². The number of fused-ring (bicyclic) bond motifs is 1. The largest absolute Gasteiger partial charge is 0.437 e. The van der Waals surface area contributed by atoms with Crippen molar-refractivity contribution in [1.29, 1.82) is 0 Å². The minimum atomic E-state index is -0.700. The van der Waals surface area contributed by atoms with Crippen molar-refractivity contribution in [2.24, 2.45) is 0 Å². The van der Waals surface area contributed by atoms with Crippen molar-refractivity contribution >= 4 is 40.5 Å². The van der Waals surface area contributed by atoms with E-state index in [4.69, 9.17) is 0 Å². The van der Waals surface area contributed by atoms with Gasteiger partial charge in [0.2, 0.25) is 0 Å². The predicted molar refractivity (Wildman–Crippen MR) is 105 cm³/mol. The number of aromatic nitrogens is 2. The average Bonchev–Trinajstić information content (AvgIpc) is 2.55. The van der Waals surface area contributed by atoms with E-state index in [2.05, 4.69) is 32.8 Å². The van der Waals surface area contributed by atoms with Gasteiger partial charge in [0.25, 0.3) is 5.56 Å². The van der Waals surface area contributed by atoms with Gasteiger partial charge in [-0.05, 0) is 72.7 Å². The quantitative estimate of drug-likeness (QED) is 0.491. The fourth-order valence-corrected chi connectivity index (χ4v) is 3.08. The van der Waals surface area contributed by atoms with E-state index in [1.165, 1.54) is 0 Å². The Morgan fingerprint density at radius 3 is 2.54 bits per heavy atom. The number of nitrogens with one attached hydrogen (secondary N) is 1. The fourth-order valence-electron chi connectivity index (χ4n) is 2.72. The second-order valence-corrected chi connectivity index (χ2v) is 6.91. The molecule has 0 saturated carbocycles. The van der Waals surface area contributed by atoms with Crippen LogP contribution in [0.15, 0.2) is 53.3 Å². The van der Waals surface area contributed by atoms with E-state index in [-0.39, 0.29) is 11.6 Å². The molecule has 0 fully saturated rings. The van der Waals surface area contributed by atoms with Gasteiger partial charge in [0.15, 0.2) is 0 Å². The molecule has 0 bridgehead atoms. The minimum absolute atomic E-state index is 0.115. The van der Waals surface area contributed by atoms with Crippen LogP contribution in [0, 0.1) is 3.57 Å². The standard InChI is InChI=1S/C17H17BIN3O2/c1-11(21-18(2)24)16-20-15-6-4-3-5-14(15)17(23)22(16)13-9-7-12(19)8-10-13/h3-11,21,24H,1-2H3/t11-/m1/s1. The van der Waals surface area contributed by atoms with E-state index in [0.717, 1.165) is 9.26 Å². The molecule has 1 aromatic heterocycles. The maximum absolute atomic E-state index is 13.1. The molecule has 0 aliphatic heterocycles. The Bertz CT molecular complexity index is 925. The van der Waals surface area contributed by atoms with Gasteiger partial charge >= 0.3 is 7.05 Å². The molecule has 0 radical (unpaired) electrons. The number of nitrogens with zero attached hydrogens (tertiary/aromatic N) is 2. The van der Waals surface area contributed by atoms with Crippen LogP contribution in [0.3, 0.4) is 0 Å². The zero-order valence-corrected chi connectivity index (χ0v) is 15.6. The van der Waals surface area contributed by atoms with Crippen molar-refractivity contribution < 1.29 is 5.02 Å². The van der Waals surface area contributed by atoms with Gasteiger partial charge in [-0.3, -0.25) is 9.36 Å². The molecule has 5 nitrogen and oxygen atoms in total. The summed E-state index contributed by atoms with van der Waals surface area (Å²) in [4.78, 5) is 17.7. The van der Waals surface area contributed by atoms with Crippen LogP contribution >= 0.6 is 22.6 Å². The number of rotatable bonds is 4. The van der Waals surface area contributed by atoms with Crippen molar-refractivity contribution in [3.63, 3.8) is 0 Å². The Kier molecular flexibility index (Phi) is 5.03. The summed E-state index contributed by atoms with van der Waals surface area (Å²) in [6.45, 7) is 3.53. The molecule has 0 saturated heterocycles. The maximum Gasteiger partial charge on any atom is 0.374 e. The normalized spacial score (nSPS) is 12.3. The highest BCUT2D eigenvalue weighted by atomic mass is 127. The summed E-state index contributed by atoms with van der Waals surface area (Å²) in [5.74, 6) is 0.570. The van der Waals surface area contributed by atoms with E-state index in [9.17, 15) is 9.82 Å². The highest BCUT2D eigenvalue weighted by Gasteiger charge is 2.19. The number of halogens is 1. The molecule has 2 aromatic carbocycles. The summed E-state index contributed by atoms with van der Waals surface area (Å²) in [7, 11) is -0.700. The first kappa shape index (κ1) is 17.1. The molecule has 122 valence electrons. The number of hydrogen-bond donors (Lipinski definition) is 2. The van der Waals surface area contributed by atoms with Crippen molar-refractivity contribution in [3.05, 3.63) is 68.3 Å². The molecule has 0 aliphatic rings. The van der Waals surface area contributed by atoms with E-state index in [1.54, 1.807) is 17.5 Å². The molecule has 7 heteroatoms. The van der Waals surface area contributed by atoms with Crippen LogP contribution in [0.1, 0.15) is 18.8 Å². The van der Waals surface area contributed by atoms with Crippen LogP contribution in [-0.2, 0) is 0 Å². The first-order valence-electron chi connectivity index (χ1n) is 7.69. The maximum atomic E-state index is 13.1. The van der Waals surface area contributed by atoms with Crippen molar-refractivity contribution in [1.82, 2.24) is 14.8 Å². The van der Waals surface area contributed by atoms with Crippen LogP contribution in [-0.4, -0.2) is 21.6 Å². The summed E-state index contributed by atoms with van der Waals surface area (Å²) < 4.78 is 2.70. The first-order chi connectivity index (χ1) is 11.5. The van der Waals surface area contributed by atoms with Gasteiger partial charge in [0.1, 0.15) is 5.82 Å². The number of hydrogen-bond acceptors (Lipinski definition) is 4. The van der Waals surface area contributed by atoms with Gasteiger partial charge in [-0.1, -0.05) is 12.1 Å². The average molecular weight is 433 g/mol. The lowest BCUT2D eigenvalue weighted by atomic mass is 9.87. The Balaban J connectivity index is 2.29. The summed E-state index contributed by atoms with van der Waals surface area (Å²) >= 11 is 2.23. The third-order valence-corrected chi connectivity index (χ3v) is 4.48. The monoisotopic (exact) mass is 433 g/mol. The molecule has 1 atom stereocenters. The van der Waals surface area contributed by atoms with Crippen LogP contribution in [0.4, 0.5) is 0 Å². The van der Waals surface area contributed by atoms with Gasteiger partial charge in [-0.2, -0.15) is 0 Å². The topological polar surface area (TPSA) is 67.2 Å². The summed E-state index contributed by atoms with van der Waals surface area (Å²) in [5, 5.41) is 13.2. The molecule has 3 aromatic rings. The second-order valence-electron chi connectivity index (χ2n) is 5.67. The number of para-hydroxylation sites is 1. The molecule has 24 heavy (non-hydrogen) atoms. The van der Waals surface area contributed by atoms with Gasteiger partial charge in [-0.15, -0.1) is 0 Å². The molecule has 1 heterocycles. The Labute approximate surface area is 154 Å². The number of benzene rings is 2. The van der Waals surface area contributed by atoms with Crippen LogP contribution in [0.5, 0.6) is 0 Å². The summed E-state index contributed by atoms with van der Waals surface area (Å²) in [6.07, 6.45) is 0.